The number of hydrogen-bond acceptors (Lipinski definition) is 6. The van der Waals surface area contributed by atoms with Gasteiger partial charge in [-0.1, -0.05) is 0 Å². The van der Waals surface area contributed by atoms with Gasteiger partial charge in [0, 0.05) is 44.4 Å². The van der Waals surface area contributed by atoms with E-state index in [1.54, 1.807) is 37.3 Å². The molecule has 1 aromatic rings. The molecule has 0 unspecified atom stereocenters. The first kappa shape index (κ1) is 19.7. The van der Waals surface area contributed by atoms with E-state index in [1.807, 2.05) is 12.1 Å². The van der Waals surface area contributed by atoms with Gasteiger partial charge in [0.25, 0.3) is 0 Å². The van der Waals surface area contributed by atoms with Crippen LogP contribution in [0.5, 0.6) is 11.5 Å². The molecule has 2 aliphatic rings. The second-order valence-electron chi connectivity index (χ2n) is 6.90. The van der Waals surface area contributed by atoms with Gasteiger partial charge in [-0.05, 0) is 30.2 Å². The molecule has 2 heterocycles. The minimum absolute atomic E-state index is 0.0459. The summed E-state index contributed by atoms with van der Waals surface area (Å²) in [7, 11) is 0.292. The number of piperazine rings is 1. The van der Waals surface area contributed by atoms with Crippen molar-refractivity contribution < 1.29 is 22.7 Å². The normalized spacial score (nSPS) is 22.9. The summed E-state index contributed by atoms with van der Waals surface area (Å²) in [5.74, 6) is 1.82. The maximum Gasteiger partial charge on any atom is 0.246 e. The fourth-order valence-electron chi connectivity index (χ4n) is 3.57. The van der Waals surface area contributed by atoms with Crippen molar-refractivity contribution in [2.75, 3.05) is 51.9 Å². The summed E-state index contributed by atoms with van der Waals surface area (Å²) >= 11 is 0. The average molecular weight is 394 g/mol. The highest BCUT2D eigenvalue weighted by Gasteiger charge is 2.34. The van der Waals surface area contributed by atoms with E-state index in [0.29, 0.717) is 44.1 Å². The zero-order chi connectivity index (χ0) is 19.4. The number of rotatable bonds is 5. The van der Waals surface area contributed by atoms with E-state index in [9.17, 15) is 13.2 Å². The Morgan fingerprint density at radius 1 is 1.07 bits per heavy atom. The van der Waals surface area contributed by atoms with Crippen molar-refractivity contribution in [3.05, 3.63) is 29.8 Å². The summed E-state index contributed by atoms with van der Waals surface area (Å²) in [6.07, 6.45) is 4.01. The number of nitrogens with zero attached hydrogens (tertiary/aromatic N) is 2. The zero-order valence-corrected chi connectivity index (χ0v) is 16.6. The summed E-state index contributed by atoms with van der Waals surface area (Å²) in [5.41, 5.74) is 0.828. The molecule has 27 heavy (non-hydrogen) atoms. The van der Waals surface area contributed by atoms with Crippen molar-refractivity contribution in [1.82, 2.24) is 9.80 Å². The van der Waals surface area contributed by atoms with Crippen LogP contribution in [0.4, 0.5) is 0 Å². The molecular weight excluding hydrogens is 368 g/mol. The molecule has 1 atom stereocenters. The summed E-state index contributed by atoms with van der Waals surface area (Å²) in [4.78, 5) is 16.5. The number of benzene rings is 1. The SMILES string of the molecule is COc1cc(/C=C/C(=O)N2CCN([C@@H]3CCS(=O)(=O)C3)CC2)cc(OC)c1. The number of amides is 1. The number of sulfone groups is 1. The van der Waals surface area contributed by atoms with Gasteiger partial charge in [0.15, 0.2) is 9.84 Å². The zero-order valence-electron chi connectivity index (χ0n) is 15.8. The lowest BCUT2D eigenvalue weighted by Gasteiger charge is -2.37. The minimum atomic E-state index is -2.88. The number of hydrogen-bond donors (Lipinski definition) is 0. The van der Waals surface area contributed by atoms with Crippen molar-refractivity contribution in [1.29, 1.82) is 0 Å². The van der Waals surface area contributed by atoms with Crippen molar-refractivity contribution in [2.24, 2.45) is 0 Å². The Hall–Kier alpha value is -2.06. The summed E-state index contributed by atoms with van der Waals surface area (Å²) in [5, 5.41) is 0. The van der Waals surface area contributed by atoms with Crippen molar-refractivity contribution in [3.63, 3.8) is 0 Å². The Bertz CT molecular complexity index is 791. The predicted octanol–water partition coefficient (Wildman–Crippen LogP) is 1.05. The van der Waals surface area contributed by atoms with Crippen LogP contribution < -0.4 is 9.47 Å². The first-order valence-corrected chi connectivity index (χ1v) is 10.9. The third-order valence-corrected chi connectivity index (χ3v) is 6.89. The lowest BCUT2D eigenvalue weighted by atomic mass is 10.1. The van der Waals surface area contributed by atoms with Gasteiger partial charge in [0.1, 0.15) is 11.5 Å². The van der Waals surface area contributed by atoms with Gasteiger partial charge < -0.3 is 14.4 Å². The van der Waals surface area contributed by atoms with Crippen LogP contribution in [0.15, 0.2) is 24.3 Å². The number of carbonyl (C=O) groups excluding carboxylic acids is 1. The molecule has 0 aliphatic carbocycles. The predicted molar refractivity (Wildman–Crippen MR) is 104 cm³/mol. The minimum Gasteiger partial charge on any atom is -0.497 e. The molecule has 7 nitrogen and oxygen atoms in total. The van der Waals surface area contributed by atoms with E-state index in [2.05, 4.69) is 4.90 Å². The van der Waals surface area contributed by atoms with Crippen molar-refractivity contribution in [2.45, 2.75) is 12.5 Å². The van der Waals surface area contributed by atoms with Crippen LogP contribution in [0.1, 0.15) is 12.0 Å². The molecule has 0 bridgehead atoms. The molecule has 0 spiro atoms. The fraction of sp³-hybridized carbons (Fsp3) is 0.526. The highest BCUT2D eigenvalue weighted by atomic mass is 32.2. The Morgan fingerprint density at radius 3 is 2.22 bits per heavy atom. The Balaban J connectivity index is 1.56. The van der Waals surface area contributed by atoms with E-state index in [-0.39, 0.29) is 23.5 Å². The van der Waals surface area contributed by atoms with Crippen molar-refractivity contribution >= 4 is 21.8 Å². The maximum absolute atomic E-state index is 12.5. The van der Waals surface area contributed by atoms with Crippen LogP contribution in [0.3, 0.4) is 0 Å². The van der Waals surface area contributed by atoms with Crippen LogP contribution in [-0.4, -0.2) is 82.1 Å². The topological polar surface area (TPSA) is 76.2 Å². The molecule has 8 heteroatoms. The van der Waals surface area contributed by atoms with E-state index < -0.39 is 9.84 Å². The summed E-state index contributed by atoms with van der Waals surface area (Å²) < 4.78 is 33.8. The Morgan fingerprint density at radius 2 is 1.70 bits per heavy atom. The second-order valence-corrected chi connectivity index (χ2v) is 9.13. The molecule has 0 aromatic heterocycles. The van der Waals surface area contributed by atoms with Gasteiger partial charge in [-0.25, -0.2) is 8.42 Å². The standard InChI is InChI=1S/C19H26N2O5S/c1-25-17-11-15(12-18(13-17)26-2)3-4-19(22)21-8-6-20(7-9-21)16-5-10-27(23,24)14-16/h3-4,11-13,16H,5-10,14H2,1-2H3/b4-3+/t16-/m1/s1. The molecule has 0 N–H and O–H groups in total. The third-order valence-electron chi connectivity index (χ3n) is 5.14. The van der Waals surface area contributed by atoms with E-state index >= 15 is 0 Å². The molecule has 0 saturated carbocycles. The van der Waals surface area contributed by atoms with Crippen LogP contribution in [0.25, 0.3) is 6.08 Å². The van der Waals surface area contributed by atoms with Gasteiger partial charge >= 0.3 is 0 Å². The van der Waals surface area contributed by atoms with E-state index in [4.69, 9.17) is 9.47 Å². The third kappa shape index (κ3) is 5.01. The van der Waals surface area contributed by atoms with Crippen LogP contribution in [-0.2, 0) is 14.6 Å². The molecule has 2 aliphatic heterocycles. The lowest BCUT2D eigenvalue weighted by Crippen LogP contribution is -2.52. The summed E-state index contributed by atoms with van der Waals surface area (Å²) in [6, 6.07) is 5.56. The number of ether oxygens (including phenoxy) is 2. The molecular formula is C19H26N2O5S. The first-order chi connectivity index (χ1) is 12.9. The smallest absolute Gasteiger partial charge is 0.246 e. The van der Waals surface area contributed by atoms with Gasteiger partial charge in [0.05, 0.1) is 25.7 Å². The Kier molecular flexibility index (Phi) is 6.06. The largest absolute Gasteiger partial charge is 0.497 e. The Labute approximate surface area is 160 Å². The van der Waals surface area contributed by atoms with E-state index in [1.165, 1.54) is 0 Å². The first-order valence-electron chi connectivity index (χ1n) is 9.05. The number of carbonyl (C=O) groups is 1. The fourth-order valence-corrected chi connectivity index (χ4v) is 5.33. The highest BCUT2D eigenvalue weighted by Crippen LogP contribution is 2.23. The van der Waals surface area contributed by atoms with Gasteiger partial charge in [-0.15, -0.1) is 0 Å². The van der Waals surface area contributed by atoms with Crippen LogP contribution in [0.2, 0.25) is 0 Å². The monoisotopic (exact) mass is 394 g/mol. The summed E-state index contributed by atoms with van der Waals surface area (Å²) in [6.45, 7) is 2.65. The molecule has 0 radical (unpaired) electrons. The number of methoxy groups -OCH3 is 2. The quantitative estimate of drug-likeness (QED) is 0.695. The highest BCUT2D eigenvalue weighted by molar-refractivity contribution is 7.91. The van der Waals surface area contributed by atoms with Gasteiger partial charge in [0.2, 0.25) is 5.91 Å². The van der Waals surface area contributed by atoms with Gasteiger partial charge in [-0.2, -0.15) is 0 Å². The molecule has 3 rings (SSSR count). The van der Waals surface area contributed by atoms with Crippen LogP contribution >= 0.6 is 0 Å². The van der Waals surface area contributed by atoms with E-state index in [0.717, 1.165) is 5.56 Å². The molecule has 1 amide bonds. The van der Waals surface area contributed by atoms with Crippen molar-refractivity contribution in [3.8, 4) is 11.5 Å². The molecule has 2 saturated heterocycles. The molecule has 148 valence electrons. The second kappa shape index (κ2) is 8.31. The van der Waals surface area contributed by atoms with Crippen LogP contribution in [0, 0.1) is 0 Å². The average Bonchev–Trinajstić information content (AvgIpc) is 3.05. The molecule has 2 fully saturated rings. The lowest BCUT2D eigenvalue weighted by molar-refractivity contribution is -0.127. The molecule has 1 aromatic carbocycles. The maximum atomic E-state index is 12.5. The van der Waals surface area contributed by atoms with Gasteiger partial charge in [-0.3, -0.25) is 9.69 Å².